The molecule has 0 unspecified atom stereocenters. The molecule has 0 aliphatic carbocycles. The lowest BCUT2D eigenvalue weighted by Gasteiger charge is -2.29. The van der Waals surface area contributed by atoms with E-state index in [4.69, 9.17) is 18.9 Å². The van der Waals surface area contributed by atoms with E-state index in [2.05, 4.69) is 16.0 Å². The van der Waals surface area contributed by atoms with E-state index in [9.17, 15) is 9.59 Å². The Bertz CT molecular complexity index is 1320. The van der Waals surface area contributed by atoms with Crippen molar-refractivity contribution in [2.45, 2.75) is 19.6 Å². The molecule has 3 N–H and O–H groups in total. The number of hydrogen-bond donors (Lipinski definition) is 3. The Kier molecular flexibility index (Phi) is 7.83. The molecule has 0 saturated carbocycles. The van der Waals surface area contributed by atoms with Crippen molar-refractivity contribution < 1.29 is 28.5 Å². The average Bonchev–Trinajstić information content (AvgIpc) is 2.91. The molecular weight excluding hydrogens is 474 g/mol. The number of allylic oxidation sites excluding steroid dienone is 1. The zero-order valence-corrected chi connectivity index (χ0v) is 21.1. The van der Waals surface area contributed by atoms with Crippen LogP contribution in [0.3, 0.4) is 0 Å². The van der Waals surface area contributed by atoms with Crippen LogP contribution >= 0.6 is 0 Å². The van der Waals surface area contributed by atoms with Crippen LogP contribution in [0.25, 0.3) is 0 Å². The standard InChI is InChI=1S/C28H29N3O6/c1-17-25(27(32)30-21-15-20(34-2)11-13-22(21)35-3)26(31-28(33)29-17)19-10-12-23(36-4)24(14-19)37-16-18-8-6-5-7-9-18/h5-15,26H,16H2,1-4H3,(H,30,32)(H2,29,31,33)/t26-/m0/s1. The van der Waals surface area contributed by atoms with Gasteiger partial charge in [-0.25, -0.2) is 4.79 Å². The molecule has 3 aromatic carbocycles. The maximum absolute atomic E-state index is 13.5. The smallest absolute Gasteiger partial charge is 0.319 e. The summed E-state index contributed by atoms with van der Waals surface area (Å²) in [5, 5.41) is 8.42. The molecule has 192 valence electrons. The third-order valence-corrected chi connectivity index (χ3v) is 5.93. The van der Waals surface area contributed by atoms with Crippen LogP contribution in [-0.2, 0) is 11.4 Å². The number of methoxy groups -OCH3 is 3. The summed E-state index contributed by atoms with van der Waals surface area (Å²) in [6.07, 6.45) is 0. The molecule has 3 amide bonds. The topological polar surface area (TPSA) is 107 Å². The van der Waals surface area contributed by atoms with Crippen molar-refractivity contribution in [1.82, 2.24) is 10.6 Å². The first-order valence-electron chi connectivity index (χ1n) is 11.6. The molecular formula is C28H29N3O6. The first kappa shape index (κ1) is 25.4. The van der Waals surface area contributed by atoms with Crippen molar-refractivity contribution >= 4 is 17.6 Å². The Morgan fingerprint density at radius 1 is 0.892 bits per heavy atom. The molecule has 1 atom stereocenters. The van der Waals surface area contributed by atoms with Gasteiger partial charge in [-0.05, 0) is 42.3 Å². The van der Waals surface area contributed by atoms with Gasteiger partial charge in [-0.15, -0.1) is 0 Å². The second kappa shape index (κ2) is 11.4. The lowest BCUT2D eigenvalue weighted by Crippen LogP contribution is -2.46. The molecule has 0 radical (unpaired) electrons. The molecule has 9 heteroatoms. The predicted molar refractivity (Wildman–Crippen MR) is 139 cm³/mol. The van der Waals surface area contributed by atoms with Gasteiger partial charge in [0.25, 0.3) is 5.91 Å². The fourth-order valence-electron chi connectivity index (χ4n) is 4.07. The molecule has 9 nitrogen and oxygen atoms in total. The van der Waals surface area contributed by atoms with Gasteiger partial charge in [-0.3, -0.25) is 4.79 Å². The highest BCUT2D eigenvalue weighted by Gasteiger charge is 2.32. The van der Waals surface area contributed by atoms with Crippen LogP contribution in [0.15, 0.2) is 78.0 Å². The molecule has 0 spiro atoms. The number of anilines is 1. The van der Waals surface area contributed by atoms with E-state index in [0.717, 1.165) is 5.56 Å². The second-order valence-electron chi connectivity index (χ2n) is 8.28. The fourth-order valence-corrected chi connectivity index (χ4v) is 4.07. The third kappa shape index (κ3) is 5.78. The summed E-state index contributed by atoms with van der Waals surface area (Å²) in [4.78, 5) is 25.9. The van der Waals surface area contributed by atoms with Crippen molar-refractivity contribution in [2.24, 2.45) is 0 Å². The number of hydrogen-bond acceptors (Lipinski definition) is 6. The molecule has 3 aromatic rings. The fraction of sp³-hybridized carbons (Fsp3) is 0.214. The lowest BCUT2D eigenvalue weighted by molar-refractivity contribution is -0.113. The number of benzene rings is 3. The SMILES string of the molecule is COc1ccc(OC)c(NC(=O)C2=C(C)NC(=O)N[C@H]2c2ccc(OC)c(OCc3ccccc3)c2)c1. The van der Waals surface area contributed by atoms with E-state index in [1.165, 1.54) is 14.2 Å². The number of carbonyl (C=O) groups is 2. The van der Waals surface area contributed by atoms with Gasteiger partial charge in [0.15, 0.2) is 11.5 Å². The highest BCUT2D eigenvalue weighted by atomic mass is 16.5. The highest BCUT2D eigenvalue weighted by Crippen LogP contribution is 2.36. The summed E-state index contributed by atoms with van der Waals surface area (Å²) in [5.41, 5.74) is 2.85. The van der Waals surface area contributed by atoms with E-state index in [0.29, 0.717) is 52.1 Å². The Morgan fingerprint density at radius 3 is 2.32 bits per heavy atom. The largest absolute Gasteiger partial charge is 0.497 e. The van der Waals surface area contributed by atoms with Crippen LogP contribution < -0.4 is 34.9 Å². The van der Waals surface area contributed by atoms with E-state index in [1.54, 1.807) is 50.4 Å². The number of urea groups is 1. The van der Waals surface area contributed by atoms with Crippen molar-refractivity contribution in [2.75, 3.05) is 26.6 Å². The Balaban J connectivity index is 1.66. The van der Waals surface area contributed by atoms with Crippen LogP contribution in [0.4, 0.5) is 10.5 Å². The monoisotopic (exact) mass is 503 g/mol. The van der Waals surface area contributed by atoms with Crippen molar-refractivity contribution in [3.63, 3.8) is 0 Å². The average molecular weight is 504 g/mol. The Morgan fingerprint density at radius 2 is 1.62 bits per heavy atom. The Labute approximate surface area is 215 Å². The minimum Gasteiger partial charge on any atom is -0.497 e. The van der Waals surface area contributed by atoms with E-state index >= 15 is 0 Å². The molecule has 37 heavy (non-hydrogen) atoms. The maximum Gasteiger partial charge on any atom is 0.319 e. The van der Waals surface area contributed by atoms with Crippen molar-refractivity contribution in [1.29, 1.82) is 0 Å². The molecule has 0 saturated heterocycles. The molecule has 1 heterocycles. The minimum atomic E-state index is -0.740. The second-order valence-corrected chi connectivity index (χ2v) is 8.28. The maximum atomic E-state index is 13.5. The summed E-state index contributed by atoms with van der Waals surface area (Å²) in [7, 11) is 4.61. The molecule has 4 rings (SSSR count). The predicted octanol–water partition coefficient (Wildman–Crippen LogP) is 4.56. The summed E-state index contributed by atoms with van der Waals surface area (Å²) >= 11 is 0. The van der Waals surface area contributed by atoms with Crippen molar-refractivity contribution in [3.8, 4) is 23.0 Å². The highest BCUT2D eigenvalue weighted by molar-refractivity contribution is 6.07. The third-order valence-electron chi connectivity index (χ3n) is 5.93. The van der Waals surface area contributed by atoms with Gasteiger partial charge in [0, 0.05) is 11.8 Å². The van der Waals surface area contributed by atoms with Crippen LogP contribution in [-0.4, -0.2) is 33.3 Å². The number of nitrogens with one attached hydrogen (secondary N) is 3. The number of carbonyl (C=O) groups excluding carboxylic acids is 2. The summed E-state index contributed by atoms with van der Waals surface area (Å²) in [6, 6.07) is 19.0. The summed E-state index contributed by atoms with van der Waals surface area (Å²) in [6.45, 7) is 2.01. The van der Waals surface area contributed by atoms with Gasteiger partial charge in [-0.2, -0.15) is 0 Å². The number of ether oxygens (including phenoxy) is 4. The van der Waals surface area contributed by atoms with Gasteiger partial charge in [0.1, 0.15) is 18.1 Å². The zero-order chi connectivity index (χ0) is 26.4. The number of rotatable bonds is 9. The van der Waals surface area contributed by atoms with Gasteiger partial charge >= 0.3 is 6.03 Å². The quantitative estimate of drug-likeness (QED) is 0.395. The van der Waals surface area contributed by atoms with E-state index < -0.39 is 18.0 Å². The summed E-state index contributed by atoms with van der Waals surface area (Å²) in [5.74, 6) is 1.64. The van der Waals surface area contributed by atoms with Gasteiger partial charge in [0.2, 0.25) is 0 Å². The minimum absolute atomic E-state index is 0.330. The van der Waals surface area contributed by atoms with Gasteiger partial charge in [0.05, 0.1) is 38.6 Å². The molecule has 1 aliphatic heterocycles. The lowest BCUT2D eigenvalue weighted by atomic mass is 9.94. The van der Waals surface area contributed by atoms with E-state index in [1.807, 2.05) is 30.3 Å². The summed E-state index contributed by atoms with van der Waals surface area (Å²) < 4.78 is 22.2. The Hall–Kier alpha value is -4.66. The zero-order valence-electron chi connectivity index (χ0n) is 21.1. The first-order chi connectivity index (χ1) is 17.9. The molecule has 0 bridgehead atoms. The van der Waals surface area contributed by atoms with Crippen LogP contribution in [0.5, 0.6) is 23.0 Å². The van der Waals surface area contributed by atoms with Crippen LogP contribution in [0.2, 0.25) is 0 Å². The molecule has 1 aliphatic rings. The molecule has 0 fully saturated rings. The van der Waals surface area contributed by atoms with Gasteiger partial charge < -0.3 is 34.9 Å². The normalized spacial score (nSPS) is 14.8. The van der Waals surface area contributed by atoms with Crippen LogP contribution in [0, 0.1) is 0 Å². The molecule has 0 aromatic heterocycles. The van der Waals surface area contributed by atoms with Crippen LogP contribution in [0.1, 0.15) is 24.1 Å². The van der Waals surface area contributed by atoms with Crippen molar-refractivity contribution in [3.05, 3.63) is 89.1 Å². The van der Waals surface area contributed by atoms with E-state index in [-0.39, 0.29) is 0 Å². The van der Waals surface area contributed by atoms with Gasteiger partial charge in [-0.1, -0.05) is 36.4 Å². The number of amides is 3. The first-order valence-corrected chi connectivity index (χ1v) is 11.6.